The SMILES string of the molecule is CCC[C@@H](O)CN1C(C2CCCCC2)COC(OCc2ccccc2)C1OCc1ccccc1. The maximum absolute atomic E-state index is 10.8. The molecule has 2 aromatic carbocycles. The first-order valence-electron chi connectivity index (χ1n) is 13.1. The first-order chi connectivity index (χ1) is 16.7. The topological polar surface area (TPSA) is 51.2 Å². The van der Waals surface area contributed by atoms with Crippen LogP contribution in [0, 0.1) is 5.92 Å². The summed E-state index contributed by atoms with van der Waals surface area (Å²) in [5, 5.41) is 10.8. The van der Waals surface area contributed by atoms with Gasteiger partial charge in [-0.1, -0.05) is 93.3 Å². The highest BCUT2D eigenvalue weighted by atomic mass is 16.7. The van der Waals surface area contributed by atoms with Crippen LogP contribution in [0.2, 0.25) is 0 Å². The number of hydrogen-bond donors (Lipinski definition) is 1. The zero-order valence-corrected chi connectivity index (χ0v) is 20.6. The van der Waals surface area contributed by atoms with Crippen molar-refractivity contribution in [3.05, 3.63) is 71.8 Å². The number of ether oxygens (including phenoxy) is 3. The maximum atomic E-state index is 10.8. The van der Waals surface area contributed by atoms with Crippen LogP contribution in [0.4, 0.5) is 0 Å². The van der Waals surface area contributed by atoms with Gasteiger partial charge >= 0.3 is 0 Å². The highest BCUT2D eigenvalue weighted by Crippen LogP contribution is 2.34. The molecule has 0 spiro atoms. The van der Waals surface area contributed by atoms with E-state index in [1.807, 2.05) is 36.4 Å². The van der Waals surface area contributed by atoms with E-state index in [1.54, 1.807) is 0 Å². The summed E-state index contributed by atoms with van der Waals surface area (Å²) in [5.41, 5.74) is 2.23. The molecule has 5 heteroatoms. The second-order valence-corrected chi connectivity index (χ2v) is 9.79. The minimum absolute atomic E-state index is 0.240. The van der Waals surface area contributed by atoms with Crippen molar-refractivity contribution in [1.29, 1.82) is 0 Å². The van der Waals surface area contributed by atoms with Gasteiger partial charge in [-0.2, -0.15) is 0 Å². The zero-order valence-electron chi connectivity index (χ0n) is 20.6. The van der Waals surface area contributed by atoms with Gasteiger partial charge in [-0.3, -0.25) is 4.90 Å². The van der Waals surface area contributed by atoms with E-state index < -0.39 is 6.29 Å². The Kier molecular flexibility index (Phi) is 9.96. The van der Waals surface area contributed by atoms with Gasteiger partial charge in [0.25, 0.3) is 0 Å². The van der Waals surface area contributed by atoms with Crippen LogP contribution in [-0.4, -0.2) is 47.8 Å². The van der Waals surface area contributed by atoms with Gasteiger partial charge in [0.15, 0.2) is 12.5 Å². The van der Waals surface area contributed by atoms with Gasteiger partial charge in [0, 0.05) is 12.6 Å². The molecule has 0 bridgehead atoms. The Morgan fingerprint density at radius 2 is 1.53 bits per heavy atom. The van der Waals surface area contributed by atoms with E-state index in [0.717, 1.165) is 24.0 Å². The lowest BCUT2D eigenvalue weighted by Gasteiger charge is -2.49. The molecule has 1 saturated heterocycles. The lowest BCUT2D eigenvalue weighted by Crippen LogP contribution is -2.62. The average molecular weight is 468 g/mol. The highest BCUT2D eigenvalue weighted by Gasteiger charge is 2.43. The molecule has 4 rings (SSSR count). The normalized spacial score (nSPS) is 25.3. The number of aliphatic hydroxyl groups excluding tert-OH is 1. The molecule has 0 radical (unpaired) electrons. The molecule has 1 N–H and O–H groups in total. The van der Waals surface area contributed by atoms with Crippen LogP contribution < -0.4 is 0 Å². The molecule has 2 aromatic rings. The van der Waals surface area contributed by atoms with E-state index in [4.69, 9.17) is 14.2 Å². The lowest BCUT2D eigenvalue weighted by molar-refractivity contribution is -0.303. The van der Waals surface area contributed by atoms with Crippen molar-refractivity contribution < 1.29 is 19.3 Å². The first kappa shape index (κ1) is 25.3. The van der Waals surface area contributed by atoms with Gasteiger partial charge in [0.05, 0.1) is 25.9 Å². The minimum Gasteiger partial charge on any atom is -0.392 e. The number of benzene rings is 2. The largest absolute Gasteiger partial charge is 0.392 e. The van der Waals surface area contributed by atoms with Crippen LogP contribution >= 0.6 is 0 Å². The monoisotopic (exact) mass is 467 g/mol. The van der Waals surface area contributed by atoms with Crippen molar-refractivity contribution in [3.63, 3.8) is 0 Å². The van der Waals surface area contributed by atoms with Crippen molar-refractivity contribution in [3.8, 4) is 0 Å². The Balaban J connectivity index is 1.54. The predicted octanol–water partition coefficient (Wildman–Crippen LogP) is 5.51. The standard InChI is InChI=1S/C29H41NO4/c1-2-12-26(31)19-30-27(25-17-10-5-11-18-25)22-34-29(33-21-24-15-8-4-9-16-24)28(30)32-20-23-13-6-3-7-14-23/h3-4,6-9,13-16,25-29,31H,2,5,10-12,17-22H2,1H3/t26-,27?,28?,29?/m1/s1. The summed E-state index contributed by atoms with van der Waals surface area (Å²) >= 11 is 0. The Morgan fingerprint density at radius 3 is 2.15 bits per heavy atom. The fourth-order valence-electron chi connectivity index (χ4n) is 5.36. The molecule has 1 aliphatic carbocycles. The Bertz CT molecular complexity index is 811. The molecule has 34 heavy (non-hydrogen) atoms. The molecule has 3 unspecified atom stereocenters. The fourth-order valence-corrected chi connectivity index (χ4v) is 5.36. The molecule has 0 amide bonds. The summed E-state index contributed by atoms with van der Waals surface area (Å²) < 4.78 is 19.2. The second-order valence-electron chi connectivity index (χ2n) is 9.79. The van der Waals surface area contributed by atoms with Crippen molar-refractivity contribution in [2.24, 2.45) is 5.92 Å². The Morgan fingerprint density at radius 1 is 0.912 bits per heavy atom. The fraction of sp³-hybridized carbons (Fsp3) is 0.586. The smallest absolute Gasteiger partial charge is 0.198 e. The maximum Gasteiger partial charge on any atom is 0.198 e. The highest BCUT2D eigenvalue weighted by molar-refractivity contribution is 5.14. The van der Waals surface area contributed by atoms with Crippen LogP contribution in [0.1, 0.15) is 63.0 Å². The zero-order chi connectivity index (χ0) is 23.6. The molecule has 1 heterocycles. The summed E-state index contributed by atoms with van der Waals surface area (Å²) in [6.45, 7) is 4.28. The van der Waals surface area contributed by atoms with Gasteiger partial charge in [-0.15, -0.1) is 0 Å². The summed E-state index contributed by atoms with van der Waals surface area (Å²) in [5.74, 6) is 0.570. The third kappa shape index (κ3) is 7.12. The van der Waals surface area contributed by atoms with Crippen LogP contribution in [-0.2, 0) is 27.4 Å². The summed E-state index contributed by atoms with van der Waals surface area (Å²) in [4.78, 5) is 2.37. The van der Waals surface area contributed by atoms with Crippen molar-refractivity contribution in [2.75, 3.05) is 13.2 Å². The van der Waals surface area contributed by atoms with Gasteiger partial charge < -0.3 is 19.3 Å². The number of rotatable bonds is 11. The van der Waals surface area contributed by atoms with E-state index in [9.17, 15) is 5.11 Å². The average Bonchev–Trinajstić information content (AvgIpc) is 2.88. The first-order valence-corrected chi connectivity index (χ1v) is 13.1. The molecule has 5 nitrogen and oxygen atoms in total. The number of morpholine rings is 1. The summed E-state index contributed by atoms with van der Waals surface area (Å²) in [7, 11) is 0. The molecule has 1 aliphatic heterocycles. The molecule has 186 valence electrons. The van der Waals surface area contributed by atoms with E-state index in [0.29, 0.717) is 32.3 Å². The Labute approximate surface area is 205 Å². The van der Waals surface area contributed by atoms with Crippen LogP contribution in [0.25, 0.3) is 0 Å². The van der Waals surface area contributed by atoms with Crippen LogP contribution in [0.3, 0.4) is 0 Å². The van der Waals surface area contributed by atoms with Gasteiger partial charge in [-0.25, -0.2) is 0 Å². The minimum atomic E-state index is -0.502. The van der Waals surface area contributed by atoms with Crippen molar-refractivity contribution in [2.45, 2.75) is 89.7 Å². The van der Waals surface area contributed by atoms with Gasteiger partial charge in [-0.05, 0) is 36.3 Å². The lowest BCUT2D eigenvalue weighted by atomic mass is 9.82. The van der Waals surface area contributed by atoms with Crippen molar-refractivity contribution >= 4 is 0 Å². The molecular formula is C29H41NO4. The summed E-state index contributed by atoms with van der Waals surface area (Å²) in [6.07, 6.45) is 6.80. The number of aliphatic hydroxyl groups is 1. The van der Waals surface area contributed by atoms with E-state index in [-0.39, 0.29) is 18.4 Å². The van der Waals surface area contributed by atoms with Crippen LogP contribution in [0.5, 0.6) is 0 Å². The quantitative estimate of drug-likeness (QED) is 0.472. The van der Waals surface area contributed by atoms with E-state index >= 15 is 0 Å². The van der Waals surface area contributed by atoms with E-state index in [1.165, 1.54) is 32.1 Å². The molecule has 0 aromatic heterocycles. The molecule has 2 fully saturated rings. The van der Waals surface area contributed by atoms with Crippen molar-refractivity contribution in [1.82, 2.24) is 4.90 Å². The third-order valence-electron chi connectivity index (χ3n) is 7.18. The molecule has 2 aliphatic rings. The van der Waals surface area contributed by atoms with Gasteiger partial charge in [0.1, 0.15) is 0 Å². The van der Waals surface area contributed by atoms with Gasteiger partial charge in [0.2, 0.25) is 0 Å². The molecule has 4 atom stereocenters. The molecule has 1 saturated carbocycles. The van der Waals surface area contributed by atoms with Crippen LogP contribution in [0.15, 0.2) is 60.7 Å². The number of nitrogens with zero attached hydrogens (tertiary/aromatic N) is 1. The number of β-amino-alcohol motifs (C(OH)–C–C–N with tert-alkyl or cyclic N) is 1. The number of hydrogen-bond acceptors (Lipinski definition) is 5. The molecular weight excluding hydrogens is 426 g/mol. The summed E-state index contributed by atoms with van der Waals surface area (Å²) in [6, 6.07) is 20.7. The Hall–Kier alpha value is -1.76. The third-order valence-corrected chi connectivity index (χ3v) is 7.18. The predicted molar refractivity (Wildman–Crippen MR) is 134 cm³/mol. The van der Waals surface area contributed by atoms with E-state index in [2.05, 4.69) is 36.1 Å². The second kappa shape index (κ2) is 13.4.